The summed E-state index contributed by atoms with van der Waals surface area (Å²) in [5.74, 6) is 0.999. The molecule has 2 N–H and O–H groups in total. The van der Waals surface area contributed by atoms with Crippen molar-refractivity contribution in [1.82, 2.24) is 0 Å². The van der Waals surface area contributed by atoms with Crippen LogP contribution in [0.25, 0.3) is 0 Å². The fourth-order valence-corrected chi connectivity index (χ4v) is 2.62. The van der Waals surface area contributed by atoms with Crippen LogP contribution in [0.5, 0.6) is 5.75 Å². The van der Waals surface area contributed by atoms with Gasteiger partial charge in [-0.15, -0.1) is 0 Å². The van der Waals surface area contributed by atoms with Gasteiger partial charge < -0.3 is 15.2 Å². The number of hydrogen-bond acceptors (Lipinski definition) is 4. The molecule has 1 aromatic rings. The van der Waals surface area contributed by atoms with Crippen molar-refractivity contribution in [2.45, 2.75) is 10.9 Å². The largest absolute Gasteiger partial charge is 0.495 e. The van der Waals surface area contributed by atoms with Crippen LogP contribution in [0.15, 0.2) is 29.2 Å². The molecule has 2 unspecified atom stereocenters. The van der Waals surface area contributed by atoms with Crippen molar-refractivity contribution >= 4 is 10.8 Å². The number of benzene rings is 1. The van der Waals surface area contributed by atoms with E-state index in [9.17, 15) is 4.21 Å². The molecule has 1 rings (SSSR count). The molecule has 0 aromatic heterocycles. The summed E-state index contributed by atoms with van der Waals surface area (Å²) in [5.41, 5.74) is 5.76. The first-order chi connectivity index (χ1) is 7.69. The van der Waals surface area contributed by atoms with Gasteiger partial charge in [-0.05, 0) is 12.1 Å². The maximum absolute atomic E-state index is 12.0. The third-order valence-electron chi connectivity index (χ3n) is 2.06. The number of rotatable bonds is 6. The van der Waals surface area contributed by atoms with E-state index in [1.165, 1.54) is 0 Å². The Morgan fingerprint density at radius 3 is 2.69 bits per heavy atom. The lowest BCUT2D eigenvalue weighted by molar-refractivity contribution is 0.186. The first-order valence-corrected chi connectivity index (χ1v) is 6.26. The lowest BCUT2D eigenvalue weighted by Crippen LogP contribution is -2.31. The van der Waals surface area contributed by atoms with Crippen molar-refractivity contribution < 1.29 is 13.7 Å². The van der Waals surface area contributed by atoms with Crippen LogP contribution in [0.2, 0.25) is 0 Å². The molecule has 0 aliphatic rings. The Hall–Kier alpha value is -0.910. The molecule has 0 amide bonds. The van der Waals surface area contributed by atoms with E-state index in [0.29, 0.717) is 23.0 Å². The van der Waals surface area contributed by atoms with Crippen LogP contribution in [0, 0.1) is 0 Å². The van der Waals surface area contributed by atoms with Crippen molar-refractivity contribution in [3.05, 3.63) is 24.3 Å². The molecule has 0 aliphatic carbocycles. The van der Waals surface area contributed by atoms with Gasteiger partial charge in [0.1, 0.15) is 5.75 Å². The van der Waals surface area contributed by atoms with Crippen LogP contribution >= 0.6 is 0 Å². The second-order valence-electron chi connectivity index (χ2n) is 3.38. The lowest BCUT2D eigenvalue weighted by atomic mass is 10.3. The van der Waals surface area contributed by atoms with Gasteiger partial charge in [0, 0.05) is 18.9 Å². The third kappa shape index (κ3) is 3.59. The van der Waals surface area contributed by atoms with E-state index in [1.807, 2.05) is 12.1 Å². The molecule has 0 saturated heterocycles. The Morgan fingerprint density at radius 1 is 1.38 bits per heavy atom. The minimum Gasteiger partial charge on any atom is -0.495 e. The summed E-state index contributed by atoms with van der Waals surface area (Å²) in [4.78, 5) is 0.677. The number of para-hydroxylation sites is 1. The average molecular weight is 243 g/mol. The fraction of sp³-hybridized carbons (Fsp3) is 0.455. The second-order valence-corrected chi connectivity index (χ2v) is 4.84. The maximum Gasteiger partial charge on any atom is 0.134 e. The molecule has 16 heavy (non-hydrogen) atoms. The van der Waals surface area contributed by atoms with Gasteiger partial charge in [-0.3, -0.25) is 4.21 Å². The number of ether oxygens (including phenoxy) is 2. The van der Waals surface area contributed by atoms with Gasteiger partial charge in [0.05, 0.1) is 29.4 Å². The van der Waals surface area contributed by atoms with Crippen molar-refractivity contribution in [3.8, 4) is 5.75 Å². The SMILES string of the molecule is COCC(N)CS(=O)c1ccccc1OC. The lowest BCUT2D eigenvalue weighted by Gasteiger charge is -2.12. The van der Waals surface area contributed by atoms with Crippen molar-refractivity contribution in [3.63, 3.8) is 0 Å². The zero-order valence-electron chi connectivity index (χ0n) is 9.51. The molecular weight excluding hydrogens is 226 g/mol. The zero-order chi connectivity index (χ0) is 12.0. The quantitative estimate of drug-likeness (QED) is 0.802. The van der Waals surface area contributed by atoms with Crippen LogP contribution in [-0.2, 0) is 15.5 Å². The summed E-state index contributed by atoms with van der Waals surface area (Å²) < 4.78 is 22.1. The van der Waals surface area contributed by atoms with E-state index in [0.717, 1.165) is 0 Å². The predicted molar refractivity (Wildman–Crippen MR) is 64.1 cm³/mol. The summed E-state index contributed by atoms with van der Waals surface area (Å²) in [5, 5.41) is 0. The molecule has 2 atom stereocenters. The van der Waals surface area contributed by atoms with Crippen molar-refractivity contribution in [2.75, 3.05) is 26.6 Å². The molecule has 0 radical (unpaired) electrons. The van der Waals surface area contributed by atoms with Gasteiger partial charge in [0.15, 0.2) is 0 Å². The molecule has 0 fully saturated rings. The second kappa shape index (κ2) is 6.62. The van der Waals surface area contributed by atoms with E-state index >= 15 is 0 Å². The average Bonchev–Trinajstić information content (AvgIpc) is 2.29. The van der Waals surface area contributed by atoms with E-state index < -0.39 is 10.8 Å². The Labute approximate surface area is 98.2 Å². The summed E-state index contributed by atoms with van der Waals surface area (Å²) in [6.07, 6.45) is 0. The molecule has 90 valence electrons. The highest BCUT2D eigenvalue weighted by molar-refractivity contribution is 7.85. The van der Waals surface area contributed by atoms with Crippen LogP contribution in [0.4, 0.5) is 0 Å². The monoisotopic (exact) mass is 243 g/mol. The van der Waals surface area contributed by atoms with Crippen LogP contribution in [0.1, 0.15) is 0 Å². The van der Waals surface area contributed by atoms with Crippen LogP contribution < -0.4 is 10.5 Å². The number of nitrogens with two attached hydrogens (primary N) is 1. The predicted octanol–water partition coefficient (Wildman–Crippen LogP) is 0.776. The van der Waals surface area contributed by atoms with Gasteiger partial charge in [-0.25, -0.2) is 0 Å². The van der Waals surface area contributed by atoms with Gasteiger partial charge >= 0.3 is 0 Å². The summed E-state index contributed by atoms with van der Waals surface area (Å²) in [7, 11) is 1.98. The molecule has 5 heteroatoms. The maximum atomic E-state index is 12.0. The molecule has 0 aliphatic heterocycles. The molecule has 0 spiro atoms. The molecule has 0 saturated carbocycles. The highest BCUT2D eigenvalue weighted by Gasteiger charge is 2.13. The van der Waals surface area contributed by atoms with E-state index in [2.05, 4.69) is 0 Å². The van der Waals surface area contributed by atoms with Gasteiger partial charge in [-0.2, -0.15) is 0 Å². The van der Waals surface area contributed by atoms with E-state index in [1.54, 1.807) is 26.4 Å². The first kappa shape index (κ1) is 13.2. The van der Waals surface area contributed by atoms with Crippen LogP contribution in [0.3, 0.4) is 0 Å². The minimum absolute atomic E-state index is 0.226. The highest BCUT2D eigenvalue weighted by Crippen LogP contribution is 2.21. The third-order valence-corrected chi connectivity index (χ3v) is 3.62. The molecule has 4 nitrogen and oxygen atoms in total. The summed E-state index contributed by atoms with van der Waals surface area (Å²) >= 11 is 0. The van der Waals surface area contributed by atoms with Gasteiger partial charge in [-0.1, -0.05) is 12.1 Å². The Balaban J connectivity index is 2.72. The minimum atomic E-state index is -1.16. The number of hydrogen-bond donors (Lipinski definition) is 1. The van der Waals surface area contributed by atoms with Gasteiger partial charge in [0.25, 0.3) is 0 Å². The molecule has 1 aromatic carbocycles. The van der Waals surface area contributed by atoms with Crippen molar-refractivity contribution in [1.29, 1.82) is 0 Å². The van der Waals surface area contributed by atoms with Crippen molar-refractivity contribution in [2.24, 2.45) is 5.73 Å². The standard InChI is InChI=1S/C11H17NO3S/c1-14-7-9(12)8-16(13)11-6-4-3-5-10(11)15-2/h3-6,9H,7-8,12H2,1-2H3. The Bertz CT molecular complexity index is 357. The molecular formula is C11H17NO3S. The highest BCUT2D eigenvalue weighted by atomic mass is 32.2. The number of methoxy groups -OCH3 is 2. The molecule has 0 heterocycles. The topological polar surface area (TPSA) is 61.5 Å². The normalized spacial score (nSPS) is 14.4. The van der Waals surface area contributed by atoms with E-state index in [4.69, 9.17) is 15.2 Å². The smallest absolute Gasteiger partial charge is 0.134 e. The zero-order valence-corrected chi connectivity index (χ0v) is 10.3. The van der Waals surface area contributed by atoms with Crippen LogP contribution in [-0.4, -0.2) is 36.8 Å². The summed E-state index contributed by atoms with van der Waals surface area (Å²) in [6.45, 7) is 0.404. The van der Waals surface area contributed by atoms with E-state index in [-0.39, 0.29) is 6.04 Å². The van der Waals surface area contributed by atoms with Gasteiger partial charge in [0.2, 0.25) is 0 Å². The fourth-order valence-electron chi connectivity index (χ4n) is 1.35. The first-order valence-electron chi connectivity index (χ1n) is 4.95. The Morgan fingerprint density at radius 2 is 2.06 bits per heavy atom. The molecule has 0 bridgehead atoms. The Kier molecular flexibility index (Phi) is 5.45. The summed E-state index contributed by atoms with van der Waals surface area (Å²) in [6, 6.07) is 7.02.